The highest BCUT2D eigenvalue weighted by molar-refractivity contribution is 6.61. The van der Waals surface area contributed by atoms with Crippen molar-refractivity contribution in [1.82, 2.24) is 20.4 Å². The second-order valence-corrected chi connectivity index (χ2v) is 32.7. The molecule has 0 spiro atoms. The summed E-state index contributed by atoms with van der Waals surface area (Å²) in [6.07, 6.45) is -11.3. The Kier molecular flexibility index (Phi) is 21.5. The molecule has 11 rings (SSSR count). The van der Waals surface area contributed by atoms with Crippen LogP contribution in [0.4, 0.5) is 26.3 Å². The van der Waals surface area contributed by atoms with Gasteiger partial charge in [0.15, 0.2) is 0 Å². The number of rotatable bonds is 28. The van der Waals surface area contributed by atoms with E-state index in [1.807, 2.05) is 79.7 Å². The number of benzene rings is 9. The van der Waals surface area contributed by atoms with Gasteiger partial charge in [-0.05, 0) is 119 Å². The average Bonchev–Trinajstić information content (AvgIpc) is 0.676. The third-order valence-corrected chi connectivity index (χ3v) is 24.4. The van der Waals surface area contributed by atoms with Gasteiger partial charge in [-0.2, -0.15) is 26.3 Å². The van der Waals surface area contributed by atoms with Gasteiger partial charge in [0, 0.05) is 111 Å². The molecule has 2 atom stereocenters. The van der Waals surface area contributed by atoms with Crippen molar-refractivity contribution in [1.29, 1.82) is 0 Å². The topological polar surface area (TPSA) is 225 Å². The minimum absolute atomic E-state index is 0.0945. The monoisotopic (exact) mass is 1470 g/mol. The highest BCUT2D eigenvalue weighted by Crippen LogP contribution is 2.59. The predicted molar refractivity (Wildman–Crippen MR) is 380 cm³/mol. The molecular formula is C76H78F6N4O16Si2. The van der Waals surface area contributed by atoms with Crippen LogP contribution >= 0.6 is 0 Å². The predicted octanol–water partition coefficient (Wildman–Crippen LogP) is 16.4. The molecule has 20 nitrogen and oxygen atoms in total. The van der Waals surface area contributed by atoms with Crippen LogP contribution in [0, 0.1) is 0 Å². The molecule has 2 unspecified atom stereocenters. The normalized spacial score (nSPS) is 14.3. The Bertz CT molecular complexity index is 4310. The fourth-order valence-electron chi connectivity index (χ4n) is 13.4. The lowest BCUT2D eigenvalue weighted by atomic mass is 9.80. The molecule has 6 amide bonds. The van der Waals surface area contributed by atoms with Gasteiger partial charge in [0.25, 0.3) is 35.4 Å². The number of alkyl halides is 6. The average molecular weight is 1470 g/mol. The minimum atomic E-state index is -5.66. The van der Waals surface area contributed by atoms with Crippen LogP contribution < -0.4 is 29.6 Å². The third-order valence-electron chi connectivity index (χ3n) is 18.9. The highest BCUT2D eigenvalue weighted by Gasteiger charge is 2.57. The van der Waals surface area contributed by atoms with E-state index in [1.54, 1.807) is 72.8 Å². The van der Waals surface area contributed by atoms with Crippen molar-refractivity contribution < 1.29 is 101 Å². The first-order chi connectivity index (χ1) is 49.3. The fourth-order valence-corrected chi connectivity index (χ4v) is 16.5. The molecular weight excluding hydrogens is 1400 g/mol. The van der Waals surface area contributed by atoms with E-state index in [0.717, 1.165) is 46.5 Å². The molecule has 9 aromatic carbocycles. The van der Waals surface area contributed by atoms with E-state index in [9.17, 15) is 9.59 Å². The molecule has 0 aromatic heterocycles. The molecule has 0 radical (unpaired) electrons. The van der Waals surface area contributed by atoms with Crippen LogP contribution in [0.1, 0.15) is 143 Å². The Morgan fingerprint density at radius 2 is 0.596 bits per heavy atom. The zero-order valence-corrected chi connectivity index (χ0v) is 61.5. The molecule has 104 heavy (non-hydrogen) atoms. The van der Waals surface area contributed by atoms with Crippen molar-refractivity contribution in [2.24, 2.45) is 0 Å². The van der Waals surface area contributed by atoms with E-state index in [0.29, 0.717) is 0 Å². The van der Waals surface area contributed by atoms with Gasteiger partial charge < -0.3 is 56.1 Å². The maximum atomic E-state index is 16.2. The number of hydrogen-bond donors (Lipinski definition) is 2. The van der Waals surface area contributed by atoms with Crippen molar-refractivity contribution in [3.05, 3.63) is 166 Å². The van der Waals surface area contributed by atoms with Crippen molar-refractivity contribution in [2.45, 2.75) is 116 Å². The Morgan fingerprint density at radius 3 is 0.798 bits per heavy atom. The second kappa shape index (κ2) is 29.5. The summed E-state index contributed by atoms with van der Waals surface area (Å²) in [4.78, 5) is 92.3. The summed E-state index contributed by atoms with van der Waals surface area (Å²) >= 11 is 0. The first-order valence-corrected chi connectivity index (χ1v) is 37.4. The molecule has 2 aliphatic rings. The Morgan fingerprint density at radius 1 is 0.365 bits per heavy atom. The lowest BCUT2D eigenvalue weighted by Crippen LogP contribution is -2.60. The quantitative estimate of drug-likeness (QED) is 0.0153. The summed E-state index contributed by atoms with van der Waals surface area (Å²) in [6.45, 7) is 14.2. The van der Waals surface area contributed by atoms with Crippen molar-refractivity contribution in [3.8, 4) is 46.0 Å². The SMILES string of the molecule is CO[Si](CCNC(=O)C(N1C(=O)c2cc(Oc3cccc(C(C)C)c3)c3c4c(Oc5cccc(C(C)C)c5)cc5c6c(cc(Oc7cccc(C(C)C)c7)c(c7c(Oc8cccc(C(C)C)c8)cc(c2c37)C1=O)c64)C(=O)N(C(C(=O)NCC[Si](OC)(OC)OC)C(F)(F)F)C5=O)C(F)(F)F)(OC)OC. The van der Waals surface area contributed by atoms with Crippen LogP contribution in [0.15, 0.2) is 121 Å². The molecule has 0 aliphatic carbocycles. The third kappa shape index (κ3) is 14.1. The van der Waals surface area contributed by atoms with Crippen LogP contribution in [0.5, 0.6) is 46.0 Å². The number of imide groups is 2. The number of carbonyl (C=O) groups excluding carboxylic acids is 6. The van der Waals surface area contributed by atoms with E-state index in [2.05, 4.69) is 10.6 Å². The van der Waals surface area contributed by atoms with E-state index >= 15 is 45.5 Å². The number of amides is 6. The molecule has 2 N–H and O–H groups in total. The summed E-state index contributed by atoms with van der Waals surface area (Å²) in [5.41, 5.74) is 0.546. The molecule has 2 aliphatic heterocycles. The summed E-state index contributed by atoms with van der Waals surface area (Å²) in [6, 6.07) is 24.0. The lowest BCUT2D eigenvalue weighted by Gasteiger charge is -2.36. The Labute approximate surface area is 597 Å². The van der Waals surface area contributed by atoms with Gasteiger partial charge in [-0.1, -0.05) is 104 Å². The maximum absolute atomic E-state index is 16.2. The standard InChI is InChI=1S/C76H78F6N4O16Si2/c1-39(2)43-19-15-23-47(31-43)99-55-35-51-59-52(72(90)85(71(51)89)67(75(77,78)79)69(87)83-27-29-103(93-9,94-10)95-11)37-57(101-49-25-17-21-45(33-49)41(5)6)63-64-58(102-50-26-18-22-46(34-50)42(7)8)38-54-60-53(36-56(62(66(60)64)61(55)65(59)63)100-48-24-16-20-44(32-48)40(3)4)73(91)86(74(54)92)68(76(80,81)82)70(88)84-28-30-104(96-12,97-13)98-14/h15-26,31-42,67-68H,27-30H2,1-14H3,(H,83,87)(H,84,88). The van der Waals surface area contributed by atoms with Crippen LogP contribution in [0.3, 0.4) is 0 Å². The van der Waals surface area contributed by atoms with Crippen LogP contribution in [0.25, 0.3) is 43.1 Å². The molecule has 0 bridgehead atoms. The second-order valence-electron chi connectivity index (χ2n) is 26.5. The first kappa shape index (κ1) is 75.6. The van der Waals surface area contributed by atoms with E-state index in [1.165, 1.54) is 42.7 Å². The highest BCUT2D eigenvalue weighted by atomic mass is 28.4. The van der Waals surface area contributed by atoms with Gasteiger partial charge >= 0.3 is 30.0 Å². The van der Waals surface area contributed by atoms with Crippen LogP contribution in [-0.2, 0) is 36.1 Å². The van der Waals surface area contributed by atoms with Crippen LogP contribution in [-0.4, -0.2) is 143 Å². The molecule has 0 saturated heterocycles. The number of carbonyl (C=O) groups is 6. The van der Waals surface area contributed by atoms with Gasteiger partial charge in [0.1, 0.15) is 46.0 Å². The lowest BCUT2D eigenvalue weighted by molar-refractivity contribution is -0.181. The minimum Gasteiger partial charge on any atom is -0.457 e. The number of fused-ring (bicyclic) bond motifs is 2. The molecule has 28 heteroatoms. The maximum Gasteiger partial charge on any atom is 0.501 e. The van der Waals surface area contributed by atoms with E-state index in [-0.39, 0.29) is 135 Å². The number of ether oxygens (including phenoxy) is 4. The largest absolute Gasteiger partial charge is 0.501 e. The van der Waals surface area contributed by atoms with Crippen molar-refractivity contribution >= 4 is 96.1 Å². The smallest absolute Gasteiger partial charge is 0.457 e. The summed E-state index contributed by atoms with van der Waals surface area (Å²) < 4.78 is 158. The molecule has 0 saturated carbocycles. The zero-order valence-electron chi connectivity index (χ0n) is 59.5. The number of halogens is 6. The molecule has 0 fully saturated rings. The van der Waals surface area contributed by atoms with Crippen LogP contribution in [0.2, 0.25) is 12.1 Å². The van der Waals surface area contributed by atoms with Gasteiger partial charge in [-0.25, -0.2) is 0 Å². The van der Waals surface area contributed by atoms with Gasteiger partial charge in [0.2, 0.25) is 12.1 Å². The van der Waals surface area contributed by atoms with E-state index < -0.39 is 113 Å². The Hall–Kier alpha value is -9.53. The van der Waals surface area contributed by atoms with Gasteiger partial charge in [-0.3, -0.25) is 38.6 Å². The molecule has 2 heterocycles. The van der Waals surface area contributed by atoms with Gasteiger partial charge in [0.05, 0.1) is 22.3 Å². The number of nitrogens with one attached hydrogen (secondary N) is 2. The molecule has 9 aromatic rings. The zero-order chi connectivity index (χ0) is 75.4. The van der Waals surface area contributed by atoms with Gasteiger partial charge in [-0.15, -0.1) is 0 Å². The Balaban J connectivity index is 1.33. The van der Waals surface area contributed by atoms with E-state index in [4.69, 9.17) is 45.5 Å². The van der Waals surface area contributed by atoms with Crippen molar-refractivity contribution in [2.75, 3.05) is 55.7 Å². The molecule has 548 valence electrons. The first-order valence-electron chi connectivity index (χ1n) is 33.5. The number of nitrogens with zero attached hydrogens (tertiary/aromatic N) is 2. The summed E-state index contributed by atoms with van der Waals surface area (Å²) in [5.74, 6) is -11.5. The van der Waals surface area contributed by atoms with Crippen molar-refractivity contribution in [3.63, 3.8) is 0 Å². The fraction of sp³-hybridized carbons (Fsp3) is 0.342. The summed E-state index contributed by atoms with van der Waals surface area (Å²) in [5, 5.41) is 3.16. The summed E-state index contributed by atoms with van der Waals surface area (Å²) in [7, 11) is 0.463. The number of hydrogen-bond acceptors (Lipinski definition) is 16.